The monoisotopic (exact) mass is 479 g/mol. The summed E-state index contributed by atoms with van der Waals surface area (Å²) < 4.78 is 6.07. The van der Waals surface area contributed by atoms with Crippen LogP contribution in [0.5, 0.6) is 0 Å². The SMILES string of the molecule is C=C1C(C)C2C(Cc3ccccc3)NC(=O)C23OC(=O)/C=C\CC(O)CCC(C)C/C=C\C3C1O. The number of carbonyl (C=O) groups excluding carboxylic acids is 2. The van der Waals surface area contributed by atoms with Gasteiger partial charge < -0.3 is 20.3 Å². The Morgan fingerprint density at radius 2 is 1.83 bits per heavy atom. The Kier molecular flexibility index (Phi) is 7.62. The summed E-state index contributed by atoms with van der Waals surface area (Å²) in [5.41, 5.74) is 0.170. The van der Waals surface area contributed by atoms with Gasteiger partial charge >= 0.3 is 5.97 Å². The molecule has 1 saturated heterocycles. The number of rotatable bonds is 2. The first-order valence-corrected chi connectivity index (χ1v) is 12.7. The molecule has 1 aromatic carbocycles. The van der Waals surface area contributed by atoms with Crippen LogP contribution in [0, 0.1) is 23.7 Å². The van der Waals surface area contributed by atoms with Crippen molar-refractivity contribution in [2.75, 3.05) is 0 Å². The van der Waals surface area contributed by atoms with Crippen molar-refractivity contribution in [1.82, 2.24) is 5.32 Å². The average Bonchev–Trinajstić information content (AvgIpc) is 3.09. The number of benzene rings is 1. The Balaban J connectivity index is 1.77. The Hall–Kier alpha value is -2.70. The van der Waals surface area contributed by atoms with Gasteiger partial charge in [-0.15, -0.1) is 0 Å². The van der Waals surface area contributed by atoms with Gasteiger partial charge in [0.15, 0.2) is 0 Å². The van der Waals surface area contributed by atoms with E-state index in [-0.39, 0.29) is 17.9 Å². The molecular weight excluding hydrogens is 442 g/mol. The topological polar surface area (TPSA) is 95.9 Å². The first-order valence-electron chi connectivity index (χ1n) is 12.7. The van der Waals surface area contributed by atoms with E-state index < -0.39 is 35.6 Å². The Morgan fingerprint density at radius 1 is 1.09 bits per heavy atom. The molecule has 1 spiro atoms. The van der Waals surface area contributed by atoms with Crippen LogP contribution in [0.15, 0.2) is 66.8 Å². The molecule has 6 nitrogen and oxygen atoms in total. The minimum absolute atomic E-state index is 0.251. The zero-order chi connectivity index (χ0) is 25.2. The number of aliphatic hydroxyl groups excluding tert-OH is 2. The quantitative estimate of drug-likeness (QED) is 0.446. The molecule has 35 heavy (non-hydrogen) atoms. The van der Waals surface area contributed by atoms with Crippen LogP contribution < -0.4 is 5.32 Å². The van der Waals surface area contributed by atoms with Crippen LogP contribution in [0.4, 0.5) is 0 Å². The molecule has 1 aliphatic carbocycles. The van der Waals surface area contributed by atoms with E-state index in [9.17, 15) is 19.8 Å². The number of allylic oxidation sites excluding steroid dienone is 1. The van der Waals surface area contributed by atoms with Crippen LogP contribution in [0.25, 0.3) is 0 Å². The summed E-state index contributed by atoms with van der Waals surface area (Å²) in [4.78, 5) is 26.7. The zero-order valence-corrected chi connectivity index (χ0v) is 20.6. The van der Waals surface area contributed by atoms with Crippen molar-refractivity contribution in [2.24, 2.45) is 23.7 Å². The Morgan fingerprint density at radius 3 is 2.57 bits per heavy atom. The lowest BCUT2D eigenvalue weighted by Gasteiger charge is -2.49. The van der Waals surface area contributed by atoms with E-state index in [2.05, 4.69) is 18.8 Å². The predicted octanol–water partition coefficient (Wildman–Crippen LogP) is 3.49. The third-order valence-corrected chi connectivity index (χ3v) is 8.04. The Bertz CT molecular complexity index is 1000. The van der Waals surface area contributed by atoms with Crippen molar-refractivity contribution in [2.45, 2.75) is 69.8 Å². The highest BCUT2D eigenvalue weighted by Gasteiger charge is 2.67. The molecule has 3 N–H and O–H groups in total. The number of carbonyl (C=O) groups is 2. The number of esters is 1. The highest BCUT2D eigenvalue weighted by Crippen LogP contribution is 2.52. The lowest BCUT2D eigenvalue weighted by Crippen LogP contribution is -2.61. The van der Waals surface area contributed by atoms with Crippen molar-refractivity contribution in [1.29, 1.82) is 0 Å². The third kappa shape index (κ3) is 5.00. The van der Waals surface area contributed by atoms with Gasteiger partial charge in [-0.1, -0.05) is 69.0 Å². The maximum absolute atomic E-state index is 13.7. The molecule has 1 aromatic rings. The highest BCUT2D eigenvalue weighted by molar-refractivity contribution is 5.94. The first-order chi connectivity index (χ1) is 16.7. The fourth-order valence-corrected chi connectivity index (χ4v) is 6.05. The smallest absolute Gasteiger partial charge is 0.331 e. The summed E-state index contributed by atoms with van der Waals surface area (Å²) >= 11 is 0. The fraction of sp³-hybridized carbons (Fsp3) is 0.517. The number of nitrogens with one attached hydrogen (secondary N) is 1. The average molecular weight is 480 g/mol. The van der Waals surface area contributed by atoms with E-state index in [1.165, 1.54) is 6.08 Å². The Labute approximate surface area is 207 Å². The van der Waals surface area contributed by atoms with E-state index in [0.717, 1.165) is 18.4 Å². The standard InChI is InChI=1S/C29H37NO5/c1-18-9-7-13-23-27(33)20(3)19(2)26-24(17-21-10-5-4-6-11-21)30-28(34)29(23,26)35-25(32)14-8-12-22(31)16-15-18/h4-8,10-11,13-14,18-19,22-24,26-27,31,33H,3,9,12,15-17H2,1-2H3,(H,30,34)/b13-7-,14-8-. The molecule has 0 bridgehead atoms. The lowest BCUT2D eigenvalue weighted by atomic mass is 9.59. The maximum Gasteiger partial charge on any atom is 0.331 e. The van der Waals surface area contributed by atoms with Gasteiger partial charge in [0, 0.05) is 18.0 Å². The molecule has 188 valence electrons. The second-order valence-electron chi connectivity index (χ2n) is 10.5. The van der Waals surface area contributed by atoms with E-state index in [1.807, 2.05) is 49.4 Å². The van der Waals surface area contributed by atoms with E-state index in [4.69, 9.17) is 4.74 Å². The van der Waals surface area contributed by atoms with Crippen molar-refractivity contribution < 1.29 is 24.5 Å². The van der Waals surface area contributed by atoms with E-state index in [1.54, 1.807) is 6.08 Å². The van der Waals surface area contributed by atoms with Crippen LogP contribution in [0.1, 0.15) is 45.1 Å². The van der Waals surface area contributed by atoms with Gasteiger partial charge in [-0.05, 0) is 55.1 Å². The van der Waals surface area contributed by atoms with E-state index in [0.29, 0.717) is 30.8 Å². The number of hydrogen-bond donors (Lipinski definition) is 3. The van der Waals surface area contributed by atoms with Crippen LogP contribution in [0.2, 0.25) is 0 Å². The van der Waals surface area contributed by atoms with Crippen molar-refractivity contribution in [3.8, 4) is 0 Å². The van der Waals surface area contributed by atoms with Gasteiger partial charge in [-0.25, -0.2) is 4.79 Å². The van der Waals surface area contributed by atoms with Gasteiger partial charge in [0.2, 0.25) is 5.60 Å². The highest BCUT2D eigenvalue weighted by atomic mass is 16.6. The molecule has 2 heterocycles. The number of amides is 1. The molecule has 3 aliphatic rings. The van der Waals surface area contributed by atoms with Crippen molar-refractivity contribution in [3.05, 3.63) is 72.4 Å². The summed E-state index contributed by atoms with van der Waals surface area (Å²) in [5.74, 6) is -2.08. The lowest BCUT2D eigenvalue weighted by molar-refractivity contribution is -0.182. The molecule has 8 unspecified atom stereocenters. The summed E-state index contributed by atoms with van der Waals surface area (Å²) in [7, 11) is 0. The largest absolute Gasteiger partial charge is 0.445 e. The van der Waals surface area contributed by atoms with Crippen LogP contribution in [0.3, 0.4) is 0 Å². The second kappa shape index (κ2) is 10.5. The molecule has 0 radical (unpaired) electrons. The zero-order valence-electron chi connectivity index (χ0n) is 20.6. The van der Waals surface area contributed by atoms with Crippen LogP contribution in [-0.4, -0.2) is 45.9 Å². The van der Waals surface area contributed by atoms with E-state index >= 15 is 0 Å². The van der Waals surface area contributed by atoms with Crippen molar-refractivity contribution >= 4 is 11.9 Å². The van der Waals surface area contributed by atoms with Gasteiger partial charge in [0.25, 0.3) is 5.91 Å². The second-order valence-corrected chi connectivity index (χ2v) is 10.5. The van der Waals surface area contributed by atoms with Gasteiger partial charge in [0.1, 0.15) is 0 Å². The normalized spacial score (nSPS) is 40.0. The number of ether oxygens (including phenoxy) is 1. The molecule has 2 fully saturated rings. The first kappa shape index (κ1) is 25.4. The number of hydrogen-bond acceptors (Lipinski definition) is 5. The summed E-state index contributed by atoms with van der Waals surface area (Å²) in [6.45, 7) is 8.25. The summed E-state index contributed by atoms with van der Waals surface area (Å²) in [6, 6.07) is 9.62. The minimum atomic E-state index is -1.55. The number of aliphatic hydroxyl groups is 2. The maximum atomic E-state index is 13.7. The van der Waals surface area contributed by atoms with Crippen LogP contribution >= 0.6 is 0 Å². The minimum Gasteiger partial charge on any atom is -0.445 e. The van der Waals surface area contributed by atoms with Gasteiger partial charge in [0.05, 0.1) is 18.1 Å². The summed E-state index contributed by atoms with van der Waals surface area (Å²) in [6.07, 6.45) is 8.32. The predicted molar refractivity (Wildman–Crippen MR) is 134 cm³/mol. The fourth-order valence-electron chi connectivity index (χ4n) is 6.05. The molecular formula is C29H37NO5. The molecule has 4 rings (SSSR count). The van der Waals surface area contributed by atoms with Crippen molar-refractivity contribution in [3.63, 3.8) is 0 Å². The molecule has 1 amide bonds. The third-order valence-electron chi connectivity index (χ3n) is 8.04. The molecule has 1 saturated carbocycles. The molecule has 0 aromatic heterocycles. The molecule has 2 aliphatic heterocycles. The van der Waals surface area contributed by atoms with Crippen LogP contribution in [-0.2, 0) is 20.7 Å². The molecule has 8 atom stereocenters. The van der Waals surface area contributed by atoms with Gasteiger partial charge in [-0.2, -0.15) is 0 Å². The van der Waals surface area contributed by atoms with Gasteiger partial charge in [-0.3, -0.25) is 4.79 Å². The summed E-state index contributed by atoms with van der Waals surface area (Å²) in [5, 5.41) is 24.7. The molecule has 6 heteroatoms.